The van der Waals surface area contributed by atoms with Crippen molar-refractivity contribution in [2.24, 2.45) is 0 Å². The first kappa shape index (κ1) is 19.2. The van der Waals surface area contributed by atoms with Gasteiger partial charge in [-0.1, -0.05) is 72.8 Å². The Morgan fingerprint density at radius 3 is 1.85 bits per heavy atom. The Balaban J connectivity index is 1.52. The van der Waals surface area contributed by atoms with Gasteiger partial charge in [0, 0.05) is 18.8 Å². The van der Waals surface area contributed by atoms with Gasteiger partial charge in [0.2, 0.25) is 0 Å². The molecule has 2 heteroatoms. The van der Waals surface area contributed by atoms with Crippen LogP contribution in [0.5, 0.6) is 5.75 Å². The Morgan fingerprint density at radius 2 is 1.30 bits per heavy atom. The fourth-order valence-corrected chi connectivity index (χ4v) is 3.62. The molecule has 0 aromatic heterocycles. The summed E-state index contributed by atoms with van der Waals surface area (Å²) >= 11 is 0. The minimum Gasteiger partial charge on any atom is -0.508 e. The van der Waals surface area contributed by atoms with Crippen LogP contribution in [0.4, 0.5) is 0 Å². The highest BCUT2D eigenvalue weighted by Gasteiger charge is 2.15. The van der Waals surface area contributed by atoms with E-state index < -0.39 is 0 Å². The predicted octanol–water partition coefficient (Wildman–Crippen LogP) is 4.50. The number of nitrogens with two attached hydrogens (primary N) is 1. The van der Waals surface area contributed by atoms with Crippen LogP contribution in [0.3, 0.4) is 0 Å². The molecule has 0 unspecified atom stereocenters. The van der Waals surface area contributed by atoms with E-state index in [-0.39, 0.29) is 0 Å². The summed E-state index contributed by atoms with van der Waals surface area (Å²) in [7, 11) is 0. The van der Waals surface area contributed by atoms with Gasteiger partial charge < -0.3 is 10.4 Å². The predicted molar refractivity (Wildman–Crippen MR) is 112 cm³/mol. The highest BCUT2D eigenvalue weighted by molar-refractivity contribution is 5.32. The molecule has 140 valence electrons. The minimum absolute atomic E-state index is 0.339. The van der Waals surface area contributed by atoms with Gasteiger partial charge in [-0.2, -0.15) is 0 Å². The van der Waals surface area contributed by atoms with E-state index in [1.165, 1.54) is 16.7 Å². The molecule has 27 heavy (non-hydrogen) atoms. The lowest BCUT2D eigenvalue weighted by atomic mass is 9.88. The molecule has 0 fully saturated rings. The topological polar surface area (TPSA) is 36.8 Å². The highest BCUT2D eigenvalue weighted by Crippen LogP contribution is 2.27. The molecule has 0 radical (unpaired) electrons. The summed E-state index contributed by atoms with van der Waals surface area (Å²) < 4.78 is 0. The lowest BCUT2D eigenvalue weighted by Gasteiger charge is -2.19. The largest absolute Gasteiger partial charge is 0.508 e. The molecule has 3 N–H and O–H groups in total. The monoisotopic (exact) mass is 360 g/mol. The zero-order valence-corrected chi connectivity index (χ0v) is 16.1. The maximum atomic E-state index is 9.38. The van der Waals surface area contributed by atoms with Gasteiger partial charge in [0.15, 0.2) is 0 Å². The molecule has 0 aliphatic carbocycles. The van der Waals surface area contributed by atoms with Crippen LogP contribution in [0, 0.1) is 0 Å². The van der Waals surface area contributed by atoms with Gasteiger partial charge >= 0.3 is 0 Å². The Morgan fingerprint density at radius 1 is 0.741 bits per heavy atom. The summed E-state index contributed by atoms with van der Waals surface area (Å²) in [6.07, 6.45) is 3.34. The number of phenolic OH excluding ortho intramolecular Hbond substituents is 1. The maximum Gasteiger partial charge on any atom is 0.115 e. The molecular weight excluding hydrogens is 330 g/mol. The molecule has 0 aliphatic heterocycles. The smallest absolute Gasteiger partial charge is 0.115 e. The number of aryl methyl sites for hydroxylation is 1. The van der Waals surface area contributed by atoms with E-state index in [0.717, 1.165) is 25.8 Å². The second kappa shape index (κ2) is 9.94. The molecule has 1 atom stereocenters. The summed E-state index contributed by atoms with van der Waals surface area (Å²) in [6.45, 7) is 3.42. The van der Waals surface area contributed by atoms with Crippen molar-refractivity contribution in [3.05, 3.63) is 102 Å². The van der Waals surface area contributed by atoms with Crippen molar-refractivity contribution < 1.29 is 10.4 Å². The van der Waals surface area contributed by atoms with Crippen molar-refractivity contribution in [2.45, 2.75) is 38.1 Å². The lowest BCUT2D eigenvalue weighted by Crippen LogP contribution is -2.89. The molecule has 0 heterocycles. The number of phenols is 1. The van der Waals surface area contributed by atoms with Crippen molar-refractivity contribution in [3.8, 4) is 5.75 Å². The fraction of sp³-hybridized carbons (Fsp3) is 0.280. The van der Waals surface area contributed by atoms with Gasteiger partial charge in [-0.05, 0) is 42.2 Å². The summed E-state index contributed by atoms with van der Waals surface area (Å²) in [5.74, 6) is 0.791. The summed E-state index contributed by atoms with van der Waals surface area (Å²) in [5.41, 5.74) is 4.09. The van der Waals surface area contributed by atoms with Crippen molar-refractivity contribution in [1.82, 2.24) is 0 Å². The molecular formula is C25H30NO+. The van der Waals surface area contributed by atoms with Crippen LogP contribution in [0.2, 0.25) is 0 Å². The molecule has 3 aromatic rings. The number of quaternary nitrogens is 1. The quantitative estimate of drug-likeness (QED) is 0.579. The first-order valence-electron chi connectivity index (χ1n) is 9.93. The van der Waals surface area contributed by atoms with Crippen LogP contribution >= 0.6 is 0 Å². The molecule has 0 bridgehead atoms. The van der Waals surface area contributed by atoms with Crippen LogP contribution in [0.15, 0.2) is 84.9 Å². The first-order chi connectivity index (χ1) is 13.2. The molecule has 0 saturated carbocycles. The number of hydrogen-bond acceptors (Lipinski definition) is 1. The van der Waals surface area contributed by atoms with Crippen molar-refractivity contribution >= 4 is 0 Å². The summed E-state index contributed by atoms with van der Waals surface area (Å²) in [6, 6.07) is 29.8. The fourth-order valence-electron chi connectivity index (χ4n) is 3.62. The van der Waals surface area contributed by atoms with E-state index in [2.05, 4.69) is 72.9 Å². The second-order valence-corrected chi connectivity index (χ2v) is 7.37. The molecule has 0 aliphatic rings. The van der Waals surface area contributed by atoms with E-state index in [0.29, 0.717) is 17.7 Å². The van der Waals surface area contributed by atoms with Crippen LogP contribution in [0.25, 0.3) is 0 Å². The average molecular weight is 361 g/mol. The lowest BCUT2D eigenvalue weighted by molar-refractivity contribution is -0.687. The van der Waals surface area contributed by atoms with E-state index >= 15 is 0 Å². The van der Waals surface area contributed by atoms with E-state index in [9.17, 15) is 5.11 Å². The molecule has 0 spiro atoms. The minimum atomic E-state index is 0.339. The second-order valence-electron chi connectivity index (χ2n) is 7.37. The highest BCUT2D eigenvalue weighted by atomic mass is 16.3. The van der Waals surface area contributed by atoms with Crippen LogP contribution in [0.1, 0.15) is 42.4 Å². The number of rotatable bonds is 9. The van der Waals surface area contributed by atoms with E-state index in [4.69, 9.17) is 0 Å². The molecule has 0 saturated heterocycles. The Labute approximate surface area is 162 Å². The van der Waals surface area contributed by atoms with Gasteiger partial charge in [0.1, 0.15) is 5.75 Å². The summed E-state index contributed by atoms with van der Waals surface area (Å²) in [4.78, 5) is 0. The maximum absolute atomic E-state index is 9.38. The van der Waals surface area contributed by atoms with Gasteiger partial charge in [0.25, 0.3) is 0 Å². The molecule has 3 aromatic carbocycles. The third-order valence-electron chi connectivity index (χ3n) is 5.25. The van der Waals surface area contributed by atoms with Crippen LogP contribution < -0.4 is 5.32 Å². The standard InChI is InChI=1S/C25H29NO/c1-20(12-13-21-14-16-24(27)17-15-21)26-19-18-25(22-8-4-2-5-9-22)23-10-6-3-7-11-23/h2-11,14-17,20,25-27H,12-13,18-19H2,1H3/p+1/t20-/m1/s1. The van der Waals surface area contributed by atoms with E-state index in [1.807, 2.05) is 12.1 Å². The van der Waals surface area contributed by atoms with Crippen LogP contribution in [-0.4, -0.2) is 17.7 Å². The molecule has 0 amide bonds. The summed E-state index contributed by atoms with van der Waals surface area (Å²) in [5, 5.41) is 11.9. The van der Waals surface area contributed by atoms with Gasteiger partial charge in [-0.3, -0.25) is 0 Å². The Bertz CT molecular complexity index is 744. The third-order valence-corrected chi connectivity index (χ3v) is 5.25. The average Bonchev–Trinajstić information content (AvgIpc) is 2.72. The SMILES string of the molecule is C[C@H](CCc1ccc(O)cc1)[NH2+]CCC(c1ccccc1)c1ccccc1. The molecule has 3 rings (SSSR count). The van der Waals surface area contributed by atoms with Crippen LogP contribution in [-0.2, 0) is 6.42 Å². The number of hydrogen-bond donors (Lipinski definition) is 2. The number of aromatic hydroxyl groups is 1. The Kier molecular flexibility index (Phi) is 7.06. The van der Waals surface area contributed by atoms with Crippen molar-refractivity contribution in [2.75, 3.05) is 6.54 Å². The number of benzene rings is 3. The zero-order valence-electron chi connectivity index (χ0n) is 16.1. The van der Waals surface area contributed by atoms with Crippen molar-refractivity contribution in [3.63, 3.8) is 0 Å². The van der Waals surface area contributed by atoms with Gasteiger partial charge in [-0.15, -0.1) is 0 Å². The first-order valence-corrected chi connectivity index (χ1v) is 9.93. The normalized spacial score (nSPS) is 12.2. The van der Waals surface area contributed by atoms with Crippen molar-refractivity contribution in [1.29, 1.82) is 0 Å². The van der Waals surface area contributed by atoms with Gasteiger partial charge in [-0.25, -0.2) is 0 Å². The van der Waals surface area contributed by atoms with E-state index in [1.54, 1.807) is 12.1 Å². The van der Waals surface area contributed by atoms with Gasteiger partial charge in [0.05, 0.1) is 12.6 Å². The zero-order chi connectivity index (χ0) is 18.9. The Hall–Kier alpha value is -2.58. The molecule has 2 nitrogen and oxygen atoms in total. The third kappa shape index (κ3) is 5.97.